The van der Waals surface area contributed by atoms with Crippen LogP contribution >= 0.6 is 11.6 Å². The van der Waals surface area contributed by atoms with E-state index in [0.717, 1.165) is 17.2 Å². The third kappa shape index (κ3) is 3.71. The number of aromatic nitrogens is 1. The predicted octanol–water partition coefficient (Wildman–Crippen LogP) is 4.00. The summed E-state index contributed by atoms with van der Waals surface area (Å²) in [4.78, 5) is 6.70. The maximum absolute atomic E-state index is 6.21. The van der Waals surface area contributed by atoms with Gasteiger partial charge in [-0.25, -0.2) is 4.98 Å². The maximum atomic E-state index is 6.21. The molecule has 0 unspecified atom stereocenters. The first-order chi connectivity index (χ1) is 9.58. The molecular formula is C16H20ClN3. The summed E-state index contributed by atoms with van der Waals surface area (Å²) in [6.07, 6.45) is 0. The van der Waals surface area contributed by atoms with E-state index < -0.39 is 0 Å². The van der Waals surface area contributed by atoms with Crippen molar-refractivity contribution in [2.24, 2.45) is 0 Å². The Hall–Kier alpha value is -1.58. The van der Waals surface area contributed by atoms with Crippen molar-refractivity contribution in [3.63, 3.8) is 0 Å². The van der Waals surface area contributed by atoms with Crippen molar-refractivity contribution in [1.29, 1.82) is 0 Å². The second-order valence-corrected chi connectivity index (χ2v) is 5.44. The summed E-state index contributed by atoms with van der Waals surface area (Å²) >= 11 is 6.21. The molecule has 1 aromatic heterocycles. The molecule has 0 aliphatic carbocycles. The number of rotatable bonds is 5. The van der Waals surface area contributed by atoms with Crippen molar-refractivity contribution in [1.82, 2.24) is 10.3 Å². The fourth-order valence-electron chi connectivity index (χ4n) is 1.87. The first-order valence-corrected chi connectivity index (χ1v) is 7.13. The minimum atomic E-state index is 0.406. The molecular weight excluding hydrogens is 270 g/mol. The van der Waals surface area contributed by atoms with E-state index in [-0.39, 0.29) is 0 Å². The highest BCUT2D eigenvalue weighted by atomic mass is 35.5. The Balaban J connectivity index is 2.22. The summed E-state index contributed by atoms with van der Waals surface area (Å²) in [7, 11) is 2.01. The van der Waals surface area contributed by atoms with Gasteiger partial charge in [0.15, 0.2) is 0 Å². The molecule has 2 rings (SSSR count). The van der Waals surface area contributed by atoms with Crippen LogP contribution < -0.4 is 10.2 Å². The molecule has 0 saturated carbocycles. The Morgan fingerprint density at radius 2 is 1.85 bits per heavy atom. The Labute approximate surface area is 125 Å². The van der Waals surface area contributed by atoms with Crippen LogP contribution in [0.25, 0.3) is 0 Å². The molecule has 0 aliphatic rings. The Bertz CT molecular complexity index is 555. The quantitative estimate of drug-likeness (QED) is 0.902. The summed E-state index contributed by atoms with van der Waals surface area (Å²) in [6.45, 7) is 4.88. The number of hydrogen-bond acceptors (Lipinski definition) is 3. The zero-order valence-corrected chi connectivity index (χ0v) is 12.9. The Morgan fingerprint density at radius 3 is 2.50 bits per heavy atom. The van der Waals surface area contributed by atoms with Crippen molar-refractivity contribution in [3.8, 4) is 0 Å². The summed E-state index contributed by atoms with van der Waals surface area (Å²) in [6, 6.07) is 14.4. The zero-order valence-electron chi connectivity index (χ0n) is 12.1. The molecule has 0 radical (unpaired) electrons. The van der Waals surface area contributed by atoms with Gasteiger partial charge in [-0.1, -0.05) is 43.6 Å². The molecule has 0 atom stereocenters. The van der Waals surface area contributed by atoms with Crippen molar-refractivity contribution in [3.05, 3.63) is 53.2 Å². The molecule has 1 heterocycles. The van der Waals surface area contributed by atoms with Crippen LogP contribution in [0, 0.1) is 0 Å². The third-order valence-electron chi connectivity index (χ3n) is 3.07. The molecule has 0 aliphatic heterocycles. The van der Waals surface area contributed by atoms with Gasteiger partial charge in [-0.05, 0) is 24.3 Å². The molecule has 1 aromatic carbocycles. The third-order valence-corrected chi connectivity index (χ3v) is 3.41. The van der Waals surface area contributed by atoms with Gasteiger partial charge in [0.2, 0.25) is 0 Å². The van der Waals surface area contributed by atoms with Crippen LogP contribution in [0.15, 0.2) is 42.5 Å². The fraction of sp³-hybridized carbons (Fsp3) is 0.312. The van der Waals surface area contributed by atoms with Gasteiger partial charge in [0.1, 0.15) is 5.82 Å². The largest absolute Gasteiger partial charge is 0.329 e. The fourth-order valence-corrected chi connectivity index (χ4v) is 2.04. The van der Waals surface area contributed by atoms with Crippen molar-refractivity contribution < 1.29 is 0 Å². The first-order valence-electron chi connectivity index (χ1n) is 6.75. The van der Waals surface area contributed by atoms with Gasteiger partial charge < -0.3 is 10.2 Å². The summed E-state index contributed by atoms with van der Waals surface area (Å²) < 4.78 is 0. The number of anilines is 2. The van der Waals surface area contributed by atoms with Gasteiger partial charge in [0, 0.05) is 25.3 Å². The number of nitrogens with one attached hydrogen (secondary N) is 1. The van der Waals surface area contributed by atoms with E-state index in [1.54, 1.807) is 0 Å². The lowest BCUT2D eigenvalue weighted by molar-refractivity contribution is 0.581. The molecule has 4 heteroatoms. The average molecular weight is 290 g/mol. The van der Waals surface area contributed by atoms with Crippen molar-refractivity contribution in [2.45, 2.75) is 26.4 Å². The topological polar surface area (TPSA) is 28.2 Å². The predicted molar refractivity (Wildman–Crippen MR) is 85.7 cm³/mol. The highest BCUT2D eigenvalue weighted by Crippen LogP contribution is 2.24. The van der Waals surface area contributed by atoms with Gasteiger partial charge in [-0.15, -0.1) is 0 Å². The van der Waals surface area contributed by atoms with Crippen LogP contribution in [-0.4, -0.2) is 18.1 Å². The van der Waals surface area contributed by atoms with E-state index in [1.165, 1.54) is 0 Å². The number of halogens is 1. The van der Waals surface area contributed by atoms with E-state index in [9.17, 15) is 0 Å². The molecule has 106 valence electrons. The highest BCUT2D eigenvalue weighted by molar-refractivity contribution is 6.31. The molecule has 2 aromatic rings. The second kappa shape index (κ2) is 6.73. The lowest BCUT2D eigenvalue weighted by Crippen LogP contribution is -2.23. The van der Waals surface area contributed by atoms with Gasteiger partial charge in [0.05, 0.1) is 10.7 Å². The number of para-hydroxylation sites is 1. The number of nitrogens with zero attached hydrogens (tertiary/aromatic N) is 2. The summed E-state index contributed by atoms with van der Waals surface area (Å²) in [5, 5.41) is 4.04. The van der Waals surface area contributed by atoms with Gasteiger partial charge in [-0.2, -0.15) is 0 Å². The van der Waals surface area contributed by atoms with Crippen LogP contribution in [0.1, 0.15) is 19.5 Å². The first kappa shape index (κ1) is 14.8. The number of benzene rings is 1. The zero-order chi connectivity index (χ0) is 14.5. The SMILES string of the molecule is CC(C)NCc1nc(N(C)c2ccccc2)ccc1Cl. The minimum Gasteiger partial charge on any atom is -0.329 e. The van der Waals surface area contributed by atoms with Crippen molar-refractivity contribution in [2.75, 3.05) is 11.9 Å². The van der Waals surface area contributed by atoms with Crippen LogP contribution in [-0.2, 0) is 6.54 Å². The Kier molecular flexibility index (Phi) is 4.99. The second-order valence-electron chi connectivity index (χ2n) is 5.03. The molecule has 0 spiro atoms. The van der Waals surface area contributed by atoms with E-state index in [2.05, 4.69) is 41.2 Å². The average Bonchev–Trinajstić information content (AvgIpc) is 2.46. The van der Waals surface area contributed by atoms with E-state index in [0.29, 0.717) is 17.6 Å². The number of pyridine rings is 1. The lowest BCUT2D eigenvalue weighted by atomic mass is 10.2. The van der Waals surface area contributed by atoms with E-state index in [4.69, 9.17) is 11.6 Å². The van der Waals surface area contributed by atoms with Crippen LogP contribution in [0.4, 0.5) is 11.5 Å². The summed E-state index contributed by atoms with van der Waals surface area (Å²) in [5.74, 6) is 0.890. The van der Waals surface area contributed by atoms with Crippen LogP contribution in [0.2, 0.25) is 5.02 Å². The molecule has 0 bridgehead atoms. The molecule has 0 fully saturated rings. The molecule has 0 amide bonds. The van der Waals surface area contributed by atoms with E-state index in [1.807, 2.05) is 37.4 Å². The van der Waals surface area contributed by atoms with Gasteiger partial charge in [-0.3, -0.25) is 0 Å². The molecule has 20 heavy (non-hydrogen) atoms. The van der Waals surface area contributed by atoms with E-state index >= 15 is 0 Å². The van der Waals surface area contributed by atoms with Gasteiger partial charge >= 0.3 is 0 Å². The van der Waals surface area contributed by atoms with Gasteiger partial charge in [0.25, 0.3) is 0 Å². The molecule has 3 nitrogen and oxygen atoms in total. The number of hydrogen-bond donors (Lipinski definition) is 1. The molecule has 0 saturated heterocycles. The van der Waals surface area contributed by atoms with Crippen LogP contribution in [0.5, 0.6) is 0 Å². The lowest BCUT2D eigenvalue weighted by Gasteiger charge is -2.19. The molecule has 1 N–H and O–H groups in total. The normalized spacial score (nSPS) is 10.8. The van der Waals surface area contributed by atoms with Crippen LogP contribution in [0.3, 0.4) is 0 Å². The maximum Gasteiger partial charge on any atom is 0.133 e. The standard InChI is InChI=1S/C16H20ClN3/c1-12(2)18-11-15-14(17)9-10-16(19-15)20(3)13-7-5-4-6-8-13/h4-10,12,18H,11H2,1-3H3. The summed E-state index contributed by atoms with van der Waals surface area (Å²) in [5.41, 5.74) is 1.98. The smallest absolute Gasteiger partial charge is 0.133 e. The Morgan fingerprint density at radius 1 is 1.15 bits per heavy atom. The monoisotopic (exact) mass is 289 g/mol. The minimum absolute atomic E-state index is 0.406. The highest BCUT2D eigenvalue weighted by Gasteiger charge is 2.09. The van der Waals surface area contributed by atoms with Crippen molar-refractivity contribution >= 4 is 23.1 Å².